The summed E-state index contributed by atoms with van der Waals surface area (Å²) in [5.41, 5.74) is 1.17. The minimum atomic E-state index is 0.718. The number of piperidine rings is 1. The fourth-order valence-corrected chi connectivity index (χ4v) is 2.92. The predicted octanol–water partition coefficient (Wildman–Crippen LogP) is 4.54. The lowest BCUT2D eigenvalue weighted by atomic mass is 9.99. The number of benzene rings is 1. The Labute approximate surface area is 128 Å². The van der Waals surface area contributed by atoms with Crippen molar-refractivity contribution in [2.45, 2.75) is 39.5 Å². The quantitative estimate of drug-likeness (QED) is 0.715. The third-order valence-electron chi connectivity index (χ3n) is 4.09. The van der Waals surface area contributed by atoms with Crippen molar-refractivity contribution in [3.63, 3.8) is 0 Å². The van der Waals surface area contributed by atoms with Crippen LogP contribution in [0.5, 0.6) is 5.75 Å². The van der Waals surface area contributed by atoms with Crippen LogP contribution in [-0.4, -0.2) is 31.1 Å². The van der Waals surface area contributed by atoms with Gasteiger partial charge in [0, 0.05) is 0 Å². The molecular weight excluding hydrogens is 270 g/mol. The average molecular weight is 296 g/mol. The highest BCUT2D eigenvalue weighted by atomic mass is 35.5. The predicted molar refractivity (Wildman–Crippen MR) is 85.8 cm³/mol. The first kappa shape index (κ1) is 15.7. The van der Waals surface area contributed by atoms with Gasteiger partial charge in [-0.3, -0.25) is 0 Å². The van der Waals surface area contributed by atoms with Crippen LogP contribution in [0.3, 0.4) is 0 Å². The normalized spacial score (nSPS) is 17.4. The van der Waals surface area contributed by atoms with E-state index in [1.165, 1.54) is 44.5 Å². The van der Waals surface area contributed by atoms with Gasteiger partial charge in [0.05, 0.1) is 11.6 Å². The molecule has 1 heterocycles. The number of nitrogens with zero attached hydrogens (tertiary/aromatic N) is 1. The molecule has 1 aromatic rings. The molecule has 112 valence electrons. The molecule has 2 nitrogen and oxygen atoms in total. The summed E-state index contributed by atoms with van der Waals surface area (Å²) in [6, 6.07) is 5.95. The number of hydrogen-bond donors (Lipinski definition) is 0. The van der Waals surface area contributed by atoms with Gasteiger partial charge in [-0.25, -0.2) is 0 Å². The second-order valence-corrected chi connectivity index (χ2v) is 6.42. The van der Waals surface area contributed by atoms with E-state index in [1.807, 2.05) is 25.1 Å². The van der Waals surface area contributed by atoms with E-state index >= 15 is 0 Å². The van der Waals surface area contributed by atoms with E-state index in [2.05, 4.69) is 11.8 Å². The van der Waals surface area contributed by atoms with Crippen LogP contribution >= 0.6 is 11.6 Å². The summed E-state index contributed by atoms with van der Waals surface area (Å²) < 4.78 is 5.75. The molecule has 2 rings (SSSR count). The van der Waals surface area contributed by atoms with Crippen molar-refractivity contribution in [3.8, 4) is 5.75 Å². The maximum atomic E-state index is 6.14. The Morgan fingerprint density at radius 2 is 2.00 bits per heavy atom. The zero-order valence-corrected chi connectivity index (χ0v) is 13.5. The molecule has 20 heavy (non-hydrogen) atoms. The molecule has 1 aliphatic rings. The van der Waals surface area contributed by atoms with Crippen molar-refractivity contribution < 1.29 is 4.74 Å². The monoisotopic (exact) mass is 295 g/mol. The van der Waals surface area contributed by atoms with Gasteiger partial charge < -0.3 is 9.64 Å². The summed E-state index contributed by atoms with van der Waals surface area (Å²) in [5, 5.41) is 0.718. The first-order chi connectivity index (χ1) is 9.65. The maximum Gasteiger partial charge on any atom is 0.137 e. The second-order valence-electron chi connectivity index (χ2n) is 6.01. The number of ether oxygens (including phenoxy) is 1. The van der Waals surface area contributed by atoms with Gasteiger partial charge >= 0.3 is 0 Å². The summed E-state index contributed by atoms with van der Waals surface area (Å²) >= 11 is 6.14. The zero-order chi connectivity index (χ0) is 14.4. The van der Waals surface area contributed by atoms with Crippen molar-refractivity contribution in [1.29, 1.82) is 0 Å². The highest BCUT2D eigenvalue weighted by molar-refractivity contribution is 6.32. The molecule has 0 radical (unpaired) electrons. The summed E-state index contributed by atoms with van der Waals surface area (Å²) in [4.78, 5) is 2.58. The first-order valence-electron chi connectivity index (χ1n) is 7.76. The molecule has 1 fully saturated rings. The molecule has 0 aliphatic carbocycles. The maximum absolute atomic E-state index is 6.14. The van der Waals surface area contributed by atoms with Crippen molar-refractivity contribution in [1.82, 2.24) is 4.90 Å². The van der Waals surface area contributed by atoms with Gasteiger partial charge in [-0.15, -0.1) is 0 Å². The average Bonchev–Trinajstić information content (AvgIpc) is 2.42. The Balaban J connectivity index is 1.59. The largest absolute Gasteiger partial charge is 0.492 e. The minimum absolute atomic E-state index is 0.718. The van der Waals surface area contributed by atoms with E-state index in [0.717, 1.165) is 29.7 Å². The fraction of sp³-hybridized carbons (Fsp3) is 0.647. The smallest absolute Gasteiger partial charge is 0.137 e. The number of halogens is 1. The Bertz CT molecular complexity index is 413. The van der Waals surface area contributed by atoms with E-state index in [-0.39, 0.29) is 0 Å². The van der Waals surface area contributed by atoms with E-state index in [4.69, 9.17) is 16.3 Å². The van der Waals surface area contributed by atoms with Gasteiger partial charge in [0.15, 0.2) is 0 Å². The molecule has 0 spiro atoms. The molecule has 0 aromatic heterocycles. The number of hydrogen-bond acceptors (Lipinski definition) is 2. The molecule has 0 amide bonds. The molecule has 0 N–H and O–H groups in total. The fourth-order valence-electron chi connectivity index (χ4n) is 2.63. The molecule has 1 aromatic carbocycles. The molecule has 0 unspecified atom stereocenters. The van der Waals surface area contributed by atoms with E-state index in [9.17, 15) is 0 Å². The van der Waals surface area contributed by atoms with Crippen LogP contribution in [-0.2, 0) is 0 Å². The summed E-state index contributed by atoms with van der Waals surface area (Å²) in [5.74, 6) is 1.72. The zero-order valence-electron chi connectivity index (χ0n) is 12.7. The van der Waals surface area contributed by atoms with Gasteiger partial charge in [0.2, 0.25) is 0 Å². The van der Waals surface area contributed by atoms with Gasteiger partial charge in [0.1, 0.15) is 5.75 Å². The number of rotatable bonds is 6. The van der Waals surface area contributed by atoms with Gasteiger partial charge in [0.25, 0.3) is 0 Å². The number of likely N-dealkylation sites (tertiary alicyclic amines) is 1. The third-order valence-corrected chi connectivity index (χ3v) is 4.39. The van der Waals surface area contributed by atoms with Gasteiger partial charge in [-0.2, -0.15) is 0 Å². The third kappa shape index (κ3) is 4.99. The molecular formula is C17H26ClNO. The highest BCUT2D eigenvalue weighted by Gasteiger charge is 2.14. The summed E-state index contributed by atoms with van der Waals surface area (Å²) in [6.45, 7) is 8.90. The van der Waals surface area contributed by atoms with Crippen LogP contribution in [0.4, 0.5) is 0 Å². The molecule has 0 atom stereocenters. The van der Waals surface area contributed by atoms with Gasteiger partial charge in [-0.05, 0) is 75.9 Å². The summed E-state index contributed by atoms with van der Waals surface area (Å²) in [7, 11) is 0. The van der Waals surface area contributed by atoms with Crippen LogP contribution < -0.4 is 4.74 Å². The molecule has 1 saturated heterocycles. The lowest BCUT2D eigenvalue weighted by Crippen LogP contribution is -2.33. The Morgan fingerprint density at radius 3 is 2.70 bits per heavy atom. The van der Waals surface area contributed by atoms with Crippen LogP contribution in [0.15, 0.2) is 18.2 Å². The Kier molecular flexibility index (Phi) is 6.18. The number of aryl methyl sites for hydroxylation is 1. The SMILES string of the molecule is Cc1ccc(OCCCCN2CCC(C)CC2)c(Cl)c1. The Hall–Kier alpha value is -0.730. The molecule has 0 saturated carbocycles. The lowest BCUT2D eigenvalue weighted by Gasteiger charge is -2.30. The van der Waals surface area contributed by atoms with Crippen LogP contribution in [0.1, 0.15) is 38.2 Å². The second kappa shape index (κ2) is 7.90. The lowest BCUT2D eigenvalue weighted by molar-refractivity contribution is 0.185. The van der Waals surface area contributed by atoms with Crippen molar-refractivity contribution in [2.75, 3.05) is 26.2 Å². The summed E-state index contributed by atoms with van der Waals surface area (Å²) in [6.07, 6.45) is 5.01. The van der Waals surface area contributed by atoms with E-state index in [0.29, 0.717) is 0 Å². The standard InChI is InChI=1S/C17H26ClNO/c1-14-7-10-19(11-8-14)9-3-4-12-20-17-6-5-15(2)13-16(17)18/h5-6,13-14H,3-4,7-12H2,1-2H3. The molecule has 1 aliphatic heterocycles. The minimum Gasteiger partial charge on any atom is -0.492 e. The van der Waals surface area contributed by atoms with Crippen LogP contribution in [0.2, 0.25) is 5.02 Å². The first-order valence-corrected chi connectivity index (χ1v) is 8.14. The van der Waals surface area contributed by atoms with E-state index in [1.54, 1.807) is 0 Å². The number of unbranched alkanes of at least 4 members (excludes halogenated alkanes) is 1. The van der Waals surface area contributed by atoms with Crippen molar-refractivity contribution >= 4 is 11.6 Å². The van der Waals surface area contributed by atoms with Crippen LogP contribution in [0.25, 0.3) is 0 Å². The molecule has 0 bridgehead atoms. The van der Waals surface area contributed by atoms with Crippen molar-refractivity contribution in [2.24, 2.45) is 5.92 Å². The van der Waals surface area contributed by atoms with Gasteiger partial charge in [-0.1, -0.05) is 24.6 Å². The molecule has 3 heteroatoms. The van der Waals surface area contributed by atoms with E-state index < -0.39 is 0 Å². The highest BCUT2D eigenvalue weighted by Crippen LogP contribution is 2.25. The Morgan fingerprint density at radius 1 is 1.25 bits per heavy atom. The topological polar surface area (TPSA) is 12.5 Å². The van der Waals surface area contributed by atoms with Crippen molar-refractivity contribution in [3.05, 3.63) is 28.8 Å². The van der Waals surface area contributed by atoms with Crippen LogP contribution in [0, 0.1) is 12.8 Å².